The lowest BCUT2D eigenvalue weighted by atomic mass is 10.2. The maximum Gasteiger partial charge on any atom is 0.289 e. The van der Waals surface area contributed by atoms with E-state index < -0.39 is 6.10 Å². The van der Waals surface area contributed by atoms with Gasteiger partial charge in [-0.05, 0) is 24.3 Å². The molecule has 2 N–H and O–H groups in total. The molecule has 30 heavy (non-hydrogen) atoms. The topological polar surface area (TPSA) is 63.1 Å². The first-order valence-electron chi connectivity index (χ1n) is 10.5. The third-order valence-corrected chi connectivity index (χ3v) is 6.09. The quantitative estimate of drug-likeness (QED) is 0.533. The Morgan fingerprint density at radius 3 is 2.20 bits per heavy atom. The van der Waals surface area contributed by atoms with Crippen molar-refractivity contribution in [2.45, 2.75) is 12.6 Å². The van der Waals surface area contributed by atoms with Crippen LogP contribution in [0.4, 0.5) is 0 Å². The summed E-state index contributed by atoms with van der Waals surface area (Å²) in [6.07, 6.45) is 1.08. The highest BCUT2D eigenvalue weighted by atomic mass is 16.3. The molecule has 0 saturated carbocycles. The zero-order valence-electron chi connectivity index (χ0n) is 16.8. The van der Waals surface area contributed by atoms with Crippen molar-refractivity contribution in [3.05, 3.63) is 72.7 Å². The van der Waals surface area contributed by atoms with Gasteiger partial charge in [0.2, 0.25) is 0 Å². The molecule has 0 radical (unpaired) electrons. The first-order valence-corrected chi connectivity index (χ1v) is 10.5. The molecule has 0 unspecified atom stereocenters. The summed E-state index contributed by atoms with van der Waals surface area (Å²) in [7, 11) is 0. The van der Waals surface area contributed by atoms with Crippen molar-refractivity contribution in [1.29, 1.82) is 0 Å². The van der Waals surface area contributed by atoms with Gasteiger partial charge in [0.1, 0.15) is 12.6 Å². The number of quaternary nitrogens is 1. The molecule has 1 aliphatic rings. The summed E-state index contributed by atoms with van der Waals surface area (Å²) in [4.78, 5) is 15.6. The van der Waals surface area contributed by atoms with Crippen molar-refractivity contribution in [2.75, 3.05) is 32.7 Å². The molecule has 6 heteroatoms. The zero-order valence-corrected chi connectivity index (χ0v) is 16.8. The van der Waals surface area contributed by atoms with Crippen LogP contribution >= 0.6 is 0 Å². The standard InChI is InChI=1S/C24H25N3O3/c28-18(16-25-11-13-26(14-12-25)24(29)23-10-5-15-30-23)17-27-21-8-3-1-6-19(21)20-7-2-4-9-22(20)27/h1-10,15,18,28H,11-14,16-17H2/p+1/t18-/m0/s1. The third kappa shape index (κ3) is 3.49. The Bertz CT molecular complexity index is 1100. The van der Waals surface area contributed by atoms with Crippen LogP contribution in [0.5, 0.6) is 0 Å². The number of rotatable bonds is 5. The summed E-state index contributed by atoms with van der Waals surface area (Å²) in [6, 6.07) is 20.2. The van der Waals surface area contributed by atoms with E-state index in [0.29, 0.717) is 31.9 Å². The summed E-state index contributed by atoms with van der Waals surface area (Å²) in [5.74, 6) is 0.342. The fourth-order valence-corrected chi connectivity index (χ4v) is 4.59. The lowest BCUT2D eigenvalue weighted by molar-refractivity contribution is -0.907. The average molecular weight is 404 g/mol. The van der Waals surface area contributed by atoms with E-state index >= 15 is 0 Å². The summed E-state index contributed by atoms with van der Waals surface area (Å²) >= 11 is 0. The van der Waals surface area contributed by atoms with Crippen LogP contribution in [-0.4, -0.2) is 59.3 Å². The number of para-hydroxylation sites is 2. The van der Waals surface area contributed by atoms with E-state index in [1.807, 2.05) is 17.0 Å². The van der Waals surface area contributed by atoms with Crippen LogP contribution in [0, 0.1) is 0 Å². The van der Waals surface area contributed by atoms with Gasteiger partial charge >= 0.3 is 0 Å². The molecule has 6 nitrogen and oxygen atoms in total. The smallest absolute Gasteiger partial charge is 0.289 e. The second kappa shape index (κ2) is 7.97. The maximum atomic E-state index is 12.4. The highest BCUT2D eigenvalue weighted by Gasteiger charge is 2.27. The fraction of sp³-hybridized carbons (Fsp3) is 0.292. The van der Waals surface area contributed by atoms with E-state index in [9.17, 15) is 9.90 Å². The molecule has 2 aromatic heterocycles. The van der Waals surface area contributed by atoms with Gasteiger partial charge in [0.05, 0.1) is 39.0 Å². The van der Waals surface area contributed by atoms with Crippen LogP contribution in [0.2, 0.25) is 0 Å². The molecule has 3 heterocycles. The van der Waals surface area contributed by atoms with Gasteiger partial charge in [-0.1, -0.05) is 36.4 Å². The summed E-state index contributed by atoms with van der Waals surface area (Å²) in [5.41, 5.74) is 2.31. The Balaban J connectivity index is 1.25. The van der Waals surface area contributed by atoms with Gasteiger partial charge in [0.15, 0.2) is 5.76 Å². The Morgan fingerprint density at radius 1 is 0.967 bits per heavy atom. The number of aliphatic hydroxyl groups excluding tert-OH is 1. The van der Waals surface area contributed by atoms with Crippen molar-refractivity contribution in [3.8, 4) is 0 Å². The number of piperazine rings is 1. The minimum absolute atomic E-state index is 0.0510. The fourth-order valence-electron chi connectivity index (χ4n) is 4.59. The molecule has 1 amide bonds. The molecule has 0 bridgehead atoms. The number of amides is 1. The van der Waals surface area contributed by atoms with Gasteiger partial charge in [-0.3, -0.25) is 4.79 Å². The van der Waals surface area contributed by atoms with E-state index in [2.05, 4.69) is 41.0 Å². The first kappa shape index (κ1) is 18.9. The number of nitrogens with one attached hydrogen (secondary N) is 1. The Morgan fingerprint density at radius 2 is 1.60 bits per heavy atom. The number of furan rings is 1. The minimum Gasteiger partial charge on any atom is -0.459 e. The van der Waals surface area contributed by atoms with Gasteiger partial charge < -0.3 is 23.9 Å². The molecule has 5 rings (SSSR count). The molecule has 154 valence electrons. The Hall–Kier alpha value is -3.09. The second-order valence-corrected chi connectivity index (χ2v) is 8.02. The van der Waals surface area contributed by atoms with E-state index in [0.717, 1.165) is 24.1 Å². The SMILES string of the molecule is O=C(c1ccco1)N1CC[NH+](C[C@H](O)Cn2c3ccccc3c3ccccc32)CC1. The number of nitrogens with zero attached hydrogens (tertiary/aromatic N) is 2. The van der Waals surface area contributed by atoms with Crippen LogP contribution in [0.1, 0.15) is 10.6 Å². The van der Waals surface area contributed by atoms with Gasteiger partial charge in [-0.25, -0.2) is 0 Å². The van der Waals surface area contributed by atoms with Crippen molar-refractivity contribution in [2.24, 2.45) is 0 Å². The van der Waals surface area contributed by atoms with Crippen LogP contribution < -0.4 is 4.90 Å². The normalized spacial score (nSPS) is 16.4. The molecule has 1 saturated heterocycles. The van der Waals surface area contributed by atoms with E-state index in [1.54, 1.807) is 12.1 Å². The van der Waals surface area contributed by atoms with E-state index in [4.69, 9.17) is 4.42 Å². The summed E-state index contributed by atoms with van der Waals surface area (Å²) < 4.78 is 7.46. The Kier molecular flexibility index (Phi) is 5.02. The van der Waals surface area contributed by atoms with Gasteiger partial charge in [0, 0.05) is 21.8 Å². The Labute approximate surface area is 174 Å². The molecule has 1 fully saturated rings. The molecule has 1 aliphatic heterocycles. The van der Waals surface area contributed by atoms with Crippen molar-refractivity contribution >= 4 is 27.7 Å². The number of aliphatic hydroxyl groups is 1. The molecule has 1 atom stereocenters. The highest BCUT2D eigenvalue weighted by molar-refractivity contribution is 6.07. The maximum absolute atomic E-state index is 12.4. The second-order valence-electron chi connectivity index (χ2n) is 8.02. The number of fused-ring (bicyclic) bond motifs is 3. The summed E-state index contributed by atoms with van der Waals surface area (Å²) in [6.45, 7) is 4.25. The van der Waals surface area contributed by atoms with Crippen molar-refractivity contribution in [3.63, 3.8) is 0 Å². The number of hydrogen-bond donors (Lipinski definition) is 2. The third-order valence-electron chi connectivity index (χ3n) is 6.09. The molecule has 0 spiro atoms. The molecule has 4 aromatic rings. The van der Waals surface area contributed by atoms with Crippen LogP contribution in [0.25, 0.3) is 21.8 Å². The number of hydrogen-bond acceptors (Lipinski definition) is 3. The molecule has 0 aliphatic carbocycles. The molecular weight excluding hydrogens is 378 g/mol. The lowest BCUT2D eigenvalue weighted by Gasteiger charge is -2.32. The van der Waals surface area contributed by atoms with Gasteiger partial charge in [-0.2, -0.15) is 0 Å². The zero-order chi connectivity index (χ0) is 20.5. The monoisotopic (exact) mass is 404 g/mol. The largest absolute Gasteiger partial charge is 0.459 e. The predicted octanol–water partition coefficient (Wildman–Crippen LogP) is 1.79. The number of carbonyl (C=O) groups excluding carboxylic acids is 1. The van der Waals surface area contributed by atoms with Gasteiger partial charge in [-0.15, -0.1) is 0 Å². The minimum atomic E-state index is -0.452. The van der Waals surface area contributed by atoms with Crippen LogP contribution in [0.3, 0.4) is 0 Å². The van der Waals surface area contributed by atoms with Crippen LogP contribution in [-0.2, 0) is 6.54 Å². The van der Waals surface area contributed by atoms with E-state index in [1.165, 1.54) is 21.9 Å². The predicted molar refractivity (Wildman–Crippen MR) is 116 cm³/mol. The molecule has 2 aromatic carbocycles. The van der Waals surface area contributed by atoms with Crippen molar-refractivity contribution < 1.29 is 19.2 Å². The highest BCUT2D eigenvalue weighted by Crippen LogP contribution is 2.28. The average Bonchev–Trinajstić information content (AvgIpc) is 3.42. The lowest BCUT2D eigenvalue weighted by Crippen LogP contribution is -3.15. The number of benzene rings is 2. The number of carbonyl (C=O) groups is 1. The molecular formula is C24H26N3O3+. The first-order chi connectivity index (χ1) is 14.7. The van der Waals surface area contributed by atoms with Crippen molar-refractivity contribution in [1.82, 2.24) is 9.47 Å². The summed E-state index contributed by atoms with van der Waals surface area (Å²) in [5, 5.41) is 13.3. The van der Waals surface area contributed by atoms with E-state index in [-0.39, 0.29) is 5.91 Å². The number of aromatic nitrogens is 1. The van der Waals surface area contributed by atoms with Gasteiger partial charge in [0.25, 0.3) is 5.91 Å². The van der Waals surface area contributed by atoms with Crippen LogP contribution in [0.15, 0.2) is 71.3 Å².